The Balaban J connectivity index is 1.70. The van der Waals surface area contributed by atoms with E-state index in [-0.39, 0.29) is 0 Å². The van der Waals surface area contributed by atoms with Crippen molar-refractivity contribution in [3.05, 3.63) is 29.3 Å². The van der Waals surface area contributed by atoms with Crippen molar-refractivity contribution >= 4 is 5.69 Å². The van der Waals surface area contributed by atoms with Crippen LogP contribution in [0.2, 0.25) is 0 Å². The maximum atomic E-state index is 5.87. The van der Waals surface area contributed by atoms with Gasteiger partial charge >= 0.3 is 0 Å². The van der Waals surface area contributed by atoms with E-state index in [1.165, 1.54) is 49.8 Å². The van der Waals surface area contributed by atoms with Crippen molar-refractivity contribution < 1.29 is 0 Å². The molecule has 1 heterocycles. The van der Waals surface area contributed by atoms with E-state index in [9.17, 15) is 0 Å². The molecule has 98 valence electrons. The number of rotatable bonds is 3. The van der Waals surface area contributed by atoms with Gasteiger partial charge < -0.3 is 5.73 Å². The molecule has 0 aromatic heterocycles. The van der Waals surface area contributed by atoms with E-state index < -0.39 is 0 Å². The molecule has 0 spiro atoms. The molecule has 1 aliphatic heterocycles. The fraction of sp³-hybridized carbons (Fsp3) is 0.625. The summed E-state index contributed by atoms with van der Waals surface area (Å²) in [5.74, 6) is 0. The van der Waals surface area contributed by atoms with Gasteiger partial charge in [-0.25, -0.2) is 0 Å². The zero-order valence-electron chi connectivity index (χ0n) is 11.4. The fourth-order valence-electron chi connectivity index (χ4n) is 3.82. The van der Waals surface area contributed by atoms with Gasteiger partial charge in [0, 0.05) is 25.3 Å². The molecule has 3 rings (SSSR count). The number of fused-ring (bicyclic) bond motifs is 1. The van der Waals surface area contributed by atoms with E-state index in [2.05, 4.69) is 24.0 Å². The zero-order chi connectivity index (χ0) is 12.6. The van der Waals surface area contributed by atoms with Crippen molar-refractivity contribution in [2.24, 2.45) is 5.41 Å². The van der Waals surface area contributed by atoms with Crippen LogP contribution >= 0.6 is 0 Å². The molecule has 1 aromatic rings. The Morgan fingerprint density at radius 1 is 1.17 bits per heavy atom. The smallest absolute Gasteiger partial charge is 0.0317 e. The van der Waals surface area contributed by atoms with E-state index in [0.29, 0.717) is 5.41 Å². The van der Waals surface area contributed by atoms with Crippen LogP contribution in [0.3, 0.4) is 0 Å². The summed E-state index contributed by atoms with van der Waals surface area (Å²) in [5.41, 5.74) is 10.3. The molecule has 1 aliphatic carbocycles. The van der Waals surface area contributed by atoms with Gasteiger partial charge in [0.15, 0.2) is 0 Å². The lowest BCUT2D eigenvalue weighted by molar-refractivity contribution is 0.147. The van der Waals surface area contributed by atoms with E-state index in [0.717, 1.165) is 18.8 Å². The third-order valence-corrected chi connectivity index (χ3v) is 4.99. The van der Waals surface area contributed by atoms with Crippen LogP contribution in [0.1, 0.15) is 50.2 Å². The van der Waals surface area contributed by atoms with Crippen LogP contribution in [0, 0.1) is 5.41 Å². The van der Waals surface area contributed by atoms with E-state index in [1.54, 1.807) is 0 Å². The third kappa shape index (κ3) is 2.14. The minimum Gasteiger partial charge on any atom is -0.399 e. The Morgan fingerprint density at radius 2 is 1.89 bits per heavy atom. The fourth-order valence-corrected chi connectivity index (χ4v) is 3.82. The summed E-state index contributed by atoms with van der Waals surface area (Å²) >= 11 is 0. The first-order valence-electron chi connectivity index (χ1n) is 7.30. The molecule has 18 heavy (non-hydrogen) atoms. The minimum atomic E-state index is 0.605. The molecule has 1 saturated carbocycles. The summed E-state index contributed by atoms with van der Waals surface area (Å²) in [6.45, 7) is 5.87. The van der Waals surface area contributed by atoms with E-state index in [4.69, 9.17) is 5.73 Å². The molecule has 2 nitrogen and oxygen atoms in total. The van der Waals surface area contributed by atoms with Gasteiger partial charge in [-0.05, 0) is 47.9 Å². The molecule has 0 bridgehead atoms. The van der Waals surface area contributed by atoms with Gasteiger partial charge in [0.2, 0.25) is 0 Å². The summed E-state index contributed by atoms with van der Waals surface area (Å²) in [6.07, 6.45) is 7.06. The molecule has 2 N–H and O–H groups in total. The summed E-state index contributed by atoms with van der Waals surface area (Å²) in [5, 5.41) is 0. The van der Waals surface area contributed by atoms with Gasteiger partial charge in [-0.15, -0.1) is 0 Å². The molecule has 2 heteroatoms. The highest BCUT2D eigenvalue weighted by Crippen LogP contribution is 2.42. The van der Waals surface area contributed by atoms with Crippen LogP contribution in [0.4, 0.5) is 5.69 Å². The first-order chi connectivity index (χ1) is 8.71. The summed E-state index contributed by atoms with van der Waals surface area (Å²) in [4.78, 5) is 2.62. The monoisotopic (exact) mass is 244 g/mol. The lowest BCUT2D eigenvalue weighted by Crippen LogP contribution is -2.32. The summed E-state index contributed by atoms with van der Waals surface area (Å²) in [6, 6.07) is 6.40. The molecule has 0 radical (unpaired) electrons. The van der Waals surface area contributed by atoms with E-state index in [1.807, 2.05) is 6.07 Å². The molecule has 0 amide bonds. The lowest BCUT2D eigenvalue weighted by atomic mass is 9.83. The van der Waals surface area contributed by atoms with Crippen molar-refractivity contribution in [2.75, 3.05) is 12.3 Å². The van der Waals surface area contributed by atoms with Crippen LogP contribution in [-0.2, 0) is 13.1 Å². The molecule has 1 fully saturated rings. The highest BCUT2D eigenvalue weighted by atomic mass is 15.1. The van der Waals surface area contributed by atoms with Gasteiger partial charge in [0.25, 0.3) is 0 Å². The number of nitrogen functional groups attached to an aromatic ring is 1. The average molecular weight is 244 g/mol. The maximum absolute atomic E-state index is 5.87. The second-order valence-corrected chi connectivity index (χ2v) is 6.23. The lowest BCUT2D eigenvalue weighted by Gasteiger charge is -2.32. The van der Waals surface area contributed by atoms with Crippen molar-refractivity contribution in [3.63, 3.8) is 0 Å². The second kappa shape index (κ2) is 4.58. The Kier molecular flexibility index (Phi) is 3.06. The van der Waals surface area contributed by atoms with Gasteiger partial charge in [-0.2, -0.15) is 0 Å². The van der Waals surface area contributed by atoms with Crippen LogP contribution in [-0.4, -0.2) is 11.4 Å². The van der Waals surface area contributed by atoms with Gasteiger partial charge in [-0.3, -0.25) is 4.90 Å². The number of nitrogens with two attached hydrogens (primary N) is 1. The van der Waals surface area contributed by atoms with Crippen molar-refractivity contribution in [3.8, 4) is 0 Å². The Hall–Kier alpha value is -1.02. The largest absolute Gasteiger partial charge is 0.399 e. The van der Waals surface area contributed by atoms with Gasteiger partial charge in [0.1, 0.15) is 0 Å². The summed E-state index contributed by atoms with van der Waals surface area (Å²) < 4.78 is 0. The van der Waals surface area contributed by atoms with Crippen LogP contribution in [0.5, 0.6) is 0 Å². The highest BCUT2D eigenvalue weighted by molar-refractivity contribution is 5.46. The predicted octanol–water partition coefficient (Wildman–Crippen LogP) is 3.55. The summed E-state index contributed by atoms with van der Waals surface area (Å²) in [7, 11) is 0. The first kappa shape index (κ1) is 12.0. The van der Waals surface area contributed by atoms with Crippen molar-refractivity contribution in [1.29, 1.82) is 0 Å². The van der Waals surface area contributed by atoms with Gasteiger partial charge in [0.05, 0.1) is 0 Å². The molecule has 0 atom stereocenters. The molecule has 0 saturated heterocycles. The predicted molar refractivity (Wildman–Crippen MR) is 76.2 cm³/mol. The number of hydrogen-bond donors (Lipinski definition) is 1. The van der Waals surface area contributed by atoms with E-state index >= 15 is 0 Å². The zero-order valence-corrected chi connectivity index (χ0v) is 11.4. The van der Waals surface area contributed by atoms with Crippen LogP contribution in [0.15, 0.2) is 18.2 Å². The Bertz CT molecular complexity index is 433. The molecule has 1 aromatic carbocycles. The van der Waals surface area contributed by atoms with Crippen molar-refractivity contribution in [1.82, 2.24) is 4.90 Å². The quantitative estimate of drug-likeness (QED) is 0.824. The second-order valence-electron chi connectivity index (χ2n) is 6.23. The number of nitrogens with zero attached hydrogens (tertiary/aromatic N) is 1. The number of benzene rings is 1. The third-order valence-electron chi connectivity index (χ3n) is 4.99. The standard InChI is InChI=1S/C16H24N2/c1-2-16(7-3-4-8-16)12-18-10-13-5-6-15(17)9-14(13)11-18/h5-6,9H,2-4,7-8,10-12,17H2,1H3. The van der Waals surface area contributed by atoms with Crippen molar-refractivity contribution in [2.45, 2.75) is 52.1 Å². The minimum absolute atomic E-state index is 0.605. The Morgan fingerprint density at radius 3 is 2.61 bits per heavy atom. The highest BCUT2D eigenvalue weighted by Gasteiger charge is 2.35. The van der Waals surface area contributed by atoms with Crippen LogP contribution < -0.4 is 5.73 Å². The number of hydrogen-bond acceptors (Lipinski definition) is 2. The first-order valence-corrected chi connectivity index (χ1v) is 7.30. The molecular weight excluding hydrogens is 220 g/mol. The van der Waals surface area contributed by atoms with Gasteiger partial charge in [-0.1, -0.05) is 25.8 Å². The number of anilines is 1. The average Bonchev–Trinajstić information content (AvgIpc) is 2.96. The molecule has 0 unspecified atom stereocenters. The molecular formula is C16H24N2. The Labute approximate surface area is 110 Å². The maximum Gasteiger partial charge on any atom is 0.0317 e. The van der Waals surface area contributed by atoms with Crippen LogP contribution in [0.25, 0.3) is 0 Å². The normalized spacial score (nSPS) is 22.3. The topological polar surface area (TPSA) is 29.3 Å². The SMILES string of the molecule is CCC1(CN2Cc3ccc(N)cc3C2)CCCC1. The molecule has 2 aliphatic rings.